The topological polar surface area (TPSA) is 76.1 Å². The summed E-state index contributed by atoms with van der Waals surface area (Å²) in [5.74, 6) is -0.311. The van der Waals surface area contributed by atoms with Gasteiger partial charge in [-0.2, -0.15) is 0 Å². The molecule has 174 valence electrons. The molecule has 6 heteroatoms. The van der Waals surface area contributed by atoms with E-state index in [0.29, 0.717) is 34.9 Å². The Balaban J connectivity index is 1.86. The fraction of sp³-hybridized carbons (Fsp3) is 0.214. The minimum absolute atomic E-state index is 0.0423. The fourth-order valence-electron chi connectivity index (χ4n) is 4.10. The molecule has 0 aliphatic carbocycles. The number of ether oxygens (including phenoxy) is 2. The largest absolute Gasteiger partial charge is 0.507 e. The summed E-state index contributed by atoms with van der Waals surface area (Å²) in [5, 5.41) is 11.3. The monoisotopic (exact) mass is 457 g/mol. The highest BCUT2D eigenvalue weighted by atomic mass is 16.5. The summed E-state index contributed by atoms with van der Waals surface area (Å²) in [5.41, 5.74) is 2.63. The molecule has 6 nitrogen and oxygen atoms in total. The van der Waals surface area contributed by atoms with E-state index in [9.17, 15) is 14.7 Å². The molecule has 1 saturated heterocycles. The van der Waals surface area contributed by atoms with Crippen LogP contribution in [0.3, 0.4) is 0 Å². The minimum atomic E-state index is -0.789. The molecule has 1 atom stereocenters. The van der Waals surface area contributed by atoms with Crippen molar-refractivity contribution in [1.29, 1.82) is 0 Å². The summed E-state index contributed by atoms with van der Waals surface area (Å²) in [6.45, 7) is 4.49. The van der Waals surface area contributed by atoms with Gasteiger partial charge in [0, 0.05) is 11.3 Å². The molecule has 0 saturated carbocycles. The molecular formula is C28H27NO5. The van der Waals surface area contributed by atoms with Crippen molar-refractivity contribution < 1.29 is 24.2 Å². The number of rotatable bonds is 7. The van der Waals surface area contributed by atoms with E-state index < -0.39 is 17.7 Å². The maximum Gasteiger partial charge on any atom is 0.300 e. The predicted octanol–water partition coefficient (Wildman–Crippen LogP) is 5.42. The van der Waals surface area contributed by atoms with Crippen molar-refractivity contribution in [1.82, 2.24) is 0 Å². The summed E-state index contributed by atoms with van der Waals surface area (Å²) in [6, 6.07) is 20.6. The number of carbonyl (C=O) groups excluding carboxylic acids is 2. The van der Waals surface area contributed by atoms with Crippen LogP contribution >= 0.6 is 0 Å². The SMILES string of the molecule is CCCOc1ccc(/C(O)=C2\C(=O)C(=O)N(c3ccccc3C)C2c2ccc(OC)cc2)cc1. The number of benzene rings is 3. The molecule has 1 unspecified atom stereocenters. The first-order valence-corrected chi connectivity index (χ1v) is 11.2. The number of hydrogen-bond acceptors (Lipinski definition) is 5. The Hall–Kier alpha value is -4.06. The van der Waals surface area contributed by atoms with Crippen LogP contribution in [0, 0.1) is 6.92 Å². The number of carbonyl (C=O) groups is 2. The number of Topliss-reactive ketones (excluding diaryl/α,β-unsaturated/α-hetero) is 1. The summed E-state index contributed by atoms with van der Waals surface area (Å²) in [6.07, 6.45) is 0.881. The van der Waals surface area contributed by atoms with Crippen molar-refractivity contribution >= 4 is 23.1 Å². The summed E-state index contributed by atoms with van der Waals surface area (Å²) >= 11 is 0. The van der Waals surface area contributed by atoms with E-state index in [1.807, 2.05) is 32.0 Å². The number of anilines is 1. The van der Waals surface area contributed by atoms with E-state index in [-0.39, 0.29) is 11.3 Å². The standard InChI is InChI=1S/C28H27NO5/c1-4-17-34-22-15-11-20(12-16-22)26(30)24-25(19-9-13-21(33-3)14-10-19)29(28(32)27(24)31)23-8-6-5-7-18(23)2/h5-16,25,30H,4,17H2,1-3H3/b26-24+. The Morgan fingerprint density at radius 1 is 0.941 bits per heavy atom. The highest BCUT2D eigenvalue weighted by molar-refractivity contribution is 6.51. The van der Waals surface area contributed by atoms with Gasteiger partial charge in [0.05, 0.1) is 25.3 Å². The van der Waals surface area contributed by atoms with Gasteiger partial charge in [-0.05, 0) is 66.9 Å². The van der Waals surface area contributed by atoms with Gasteiger partial charge in [0.2, 0.25) is 0 Å². The Bertz CT molecular complexity index is 1230. The second kappa shape index (κ2) is 9.83. The second-order valence-corrected chi connectivity index (χ2v) is 8.10. The Labute approximate surface area is 199 Å². The molecule has 1 fully saturated rings. The van der Waals surface area contributed by atoms with Crippen molar-refractivity contribution in [3.63, 3.8) is 0 Å². The molecule has 3 aromatic carbocycles. The van der Waals surface area contributed by atoms with Crippen LogP contribution < -0.4 is 14.4 Å². The van der Waals surface area contributed by atoms with E-state index in [4.69, 9.17) is 9.47 Å². The third-order valence-corrected chi connectivity index (χ3v) is 5.85. The number of ketones is 1. The number of hydrogen-bond donors (Lipinski definition) is 1. The highest BCUT2D eigenvalue weighted by Gasteiger charge is 2.47. The number of aliphatic hydroxyl groups excluding tert-OH is 1. The Kier molecular flexibility index (Phi) is 6.68. The van der Waals surface area contributed by atoms with Crippen molar-refractivity contribution in [2.45, 2.75) is 26.3 Å². The van der Waals surface area contributed by atoms with Crippen molar-refractivity contribution in [2.24, 2.45) is 0 Å². The van der Waals surface area contributed by atoms with Crippen molar-refractivity contribution in [3.05, 3.63) is 95.1 Å². The number of nitrogens with zero attached hydrogens (tertiary/aromatic N) is 1. The van der Waals surface area contributed by atoms with E-state index in [2.05, 4.69) is 0 Å². The number of aliphatic hydroxyl groups is 1. The van der Waals surface area contributed by atoms with E-state index in [0.717, 1.165) is 12.0 Å². The van der Waals surface area contributed by atoms with Crippen LogP contribution in [0.5, 0.6) is 11.5 Å². The lowest BCUT2D eigenvalue weighted by atomic mass is 9.95. The number of para-hydroxylation sites is 1. The quantitative estimate of drug-likeness (QED) is 0.291. The fourth-order valence-corrected chi connectivity index (χ4v) is 4.10. The molecular weight excluding hydrogens is 430 g/mol. The molecule has 1 aliphatic rings. The van der Waals surface area contributed by atoms with Gasteiger partial charge in [-0.25, -0.2) is 0 Å². The van der Waals surface area contributed by atoms with Gasteiger partial charge in [-0.3, -0.25) is 14.5 Å². The van der Waals surface area contributed by atoms with Gasteiger partial charge in [0.25, 0.3) is 11.7 Å². The number of amides is 1. The molecule has 3 aromatic rings. The van der Waals surface area contributed by atoms with E-state index >= 15 is 0 Å². The first-order valence-electron chi connectivity index (χ1n) is 11.2. The predicted molar refractivity (Wildman–Crippen MR) is 131 cm³/mol. The average molecular weight is 458 g/mol. The lowest BCUT2D eigenvalue weighted by Crippen LogP contribution is -2.30. The first-order chi connectivity index (χ1) is 16.5. The zero-order valence-electron chi connectivity index (χ0n) is 19.4. The van der Waals surface area contributed by atoms with Crippen LogP contribution in [0.1, 0.15) is 36.1 Å². The van der Waals surface area contributed by atoms with Crippen LogP contribution in [0.15, 0.2) is 78.4 Å². The van der Waals surface area contributed by atoms with Crippen LogP contribution in [-0.2, 0) is 9.59 Å². The van der Waals surface area contributed by atoms with Crippen molar-refractivity contribution in [2.75, 3.05) is 18.6 Å². The normalized spacial score (nSPS) is 17.1. The highest BCUT2D eigenvalue weighted by Crippen LogP contribution is 2.43. The molecule has 4 rings (SSSR count). The van der Waals surface area contributed by atoms with Gasteiger partial charge in [-0.1, -0.05) is 37.3 Å². The van der Waals surface area contributed by atoms with E-state index in [1.54, 1.807) is 61.7 Å². The van der Waals surface area contributed by atoms with Crippen LogP contribution in [0.25, 0.3) is 5.76 Å². The zero-order valence-corrected chi connectivity index (χ0v) is 19.4. The number of aryl methyl sites for hydroxylation is 1. The third kappa shape index (κ3) is 4.27. The van der Waals surface area contributed by atoms with Gasteiger partial charge >= 0.3 is 0 Å². The molecule has 1 N–H and O–H groups in total. The first kappa shape index (κ1) is 23.1. The average Bonchev–Trinajstić information content (AvgIpc) is 3.13. The molecule has 34 heavy (non-hydrogen) atoms. The maximum absolute atomic E-state index is 13.3. The van der Waals surface area contributed by atoms with Gasteiger partial charge in [0.1, 0.15) is 17.3 Å². The molecule has 0 aromatic heterocycles. The zero-order chi connectivity index (χ0) is 24.2. The lowest BCUT2D eigenvalue weighted by molar-refractivity contribution is -0.132. The minimum Gasteiger partial charge on any atom is -0.507 e. The van der Waals surface area contributed by atoms with Crippen molar-refractivity contribution in [3.8, 4) is 11.5 Å². The van der Waals surface area contributed by atoms with Crippen LogP contribution in [-0.4, -0.2) is 30.5 Å². The molecule has 1 aliphatic heterocycles. The summed E-state index contributed by atoms with van der Waals surface area (Å²) < 4.78 is 10.9. The lowest BCUT2D eigenvalue weighted by Gasteiger charge is -2.27. The summed E-state index contributed by atoms with van der Waals surface area (Å²) in [7, 11) is 1.57. The number of methoxy groups -OCH3 is 1. The van der Waals surface area contributed by atoms with Gasteiger partial charge in [-0.15, -0.1) is 0 Å². The Morgan fingerprint density at radius 3 is 2.21 bits per heavy atom. The molecule has 1 amide bonds. The van der Waals surface area contributed by atoms with E-state index in [1.165, 1.54) is 4.90 Å². The van der Waals surface area contributed by atoms with Crippen LogP contribution in [0.2, 0.25) is 0 Å². The van der Waals surface area contributed by atoms with Crippen LogP contribution in [0.4, 0.5) is 5.69 Å². The summed E-state index contributed by atoms with van der Waals surface area (Å²) in [4.78, 5) is 28.0. The molecule has 1 heterocycles. The molecule has 0 spiro atoms. The smallest absolute Gasteiger partial charge is 0.300 e. The molecule has 0 bridgehead atoms. The third-order valence-electron chi connectivity index (χ3n) is 5.85. The van der Waals surface area contributed by atoms with Gasteiger partial charge < -0.3 is 14.6 Å². The maximum atomic E-state index is 13.3. The second-order valence-electron chi connectivity index (χ2n) is 8.10. The Morgan fingerprint density at radius 2 is 1.59 bits per heavy atom. The molecule has 0 radical (unpaired) electrons. The van der Waals surface area contributed by atoms with Gasteiger partial charge in [0.15, 0.2) is 0 Å².